The summed E-state index contributed by atoms with van der Waals surface area (Å²) in [4.78, 5) is 14.9. The molecule has 6 aromatic carbocycles. The van der Waals surface area contributed by atoms with Crippen molar-refractivity contribution < 1.29 is 8.83 Å². The predicted molar refractivity (Wildman–Crippen MR) is 200 cm³/mol. The van der Waals surface area contributed by atoms with Crippen molar-refractivity contribution >= 4 is 66.3 Å². The van der Waals surface area contributed by atoms with Crippen LogP contribution in [-0.2, 0) is 0 Å². The Morgan fingerprint density at radius 2 is 1.25 bits per heavy atom. The summed E-state index contributed by atoms with van der Waals surface area (Å²) in [5.41, 5.74) is 9.33. The molecule has 0 saturated heterocycles. The van der Waals surface area contributed by atoms with E-state index < -0.39 is 0 Å². The van der Waals surface area contributed by atoms with Crippen LogP contribution in [0.1, 0.15) is 12.5 Å². The Morgan fingerprint density at radius 3 is 2.02 bits per heavy atom. The maximum atomic E-state index is 12.7. The van der Waals surface area contributed by atoms with Crippen molar-refractivity contribution in [1.29, 1.82) is 0 Å². The second-order valence-electron chi connectivity index (χ2n) is 11.8. The summed E-state index contributed by atoms with van der Waals surface area (Å²) in [6.07, 6.45) is 7.76. The summed E-state index contributed by atoms with van der Waals surface area (Å²) in [5.74, 6) is 0. The van der Waals surface area contributed by atoms with Crippen molar-refractivity contribution in [2.75, 3.05) is 4.90 Å². The molecule has 2 heterocycles. The molecule has 230 valence electrons. The van der Waals surface area contributed by atoms with E-state index in [4.69, 9.17) is 8.83 Å². The predicted octanol–water partition coefficient (Wildman–Crippen LogP) is 12.1. The first-order chi connectivity index (χ1) is 23.6. The molecule has 8 rings (SSSR count). The molecule has 0 amide bonds. The van der Waals surface area contributed by atoms with E-state index in [-0.39, 0.29) is 5.63 Å². The first-order valence-corrected chi connectivity index (χ1v) is 15.9. The van der Waals surface area contributed by atoms with Crippen LogP contribution in [0.15, 0.2) is 178 Å². The molecule has 0 N–H and O–H groups in total. The van der Waals surface area contributed by atoms with Crippen LogP contribution in [-0.4, -0.2) is 0 Å². The van der Waals surface area contributed by atoms with Crippen LogP contribution < -0.4 is 10.5 Å². The van der Waals surface area contributed by atoms with E-state index in [0.717, 1.165) is 72.0 Å². The molecule has 0 spiro atoms. The summed E-state index contributed by atoms with van der Waals surface area (Å²) in [6, 6.07) is 45.2. The van der Waals surface area contributed by atoms with Crippen molar-refractivity contribution in [3.63, 3.8) is 0 Å². The molecule has 0 aliphatic carbocycles. The molecule has 0 saturated carbocycles. The minimum absolute atomic E-state index is 0.334. The lowest BCUT2D eigenvalue weighted by molar-refractivity contribution is 0.569. The summed E-state index contributed by atoms with van der Waals surface area (Å²) < 4.78 is 12.1. The van der Waals surface area contributed by atoms with Crippen molar-refractivity contribution in [2.45, 2.75) is 6.92 Å². The van der Waals surface area contributed by atoms with Gasteiger partial charge in [0.1, 0.15) is 16.7 Å². The lowest BCUT2D eigenvalue weighted by Gasteiger charge is -2.26. The fourth-order valence-electron chi connectivity index (χ4n) is 6.47. The third-order valence-corrected chi connectivity index (χ3v) is 8.88. The van der Waals surface area contributed by atoms with Gasteiger partial charge in [0.2, 0.25) is 0 Å². The molecule has 0 fully saturated rings. The zero-order valence-corrected chi connectivity index (χ0v) is 26.4. The van der Waals surface area contributed by atoms with Crippen LogP contribution in [0.25, 0.3) is 60.4 Å². The van der Waals surface area contributed by atoms with Gasteiger partial charge in [-0.25, -0.2) is 4.79 Å². The van der Waals surface area contributed by atoms with Crippen LogP contribution in [0.5, 0.6) is 0 Å². The average molecular weight is 622 g/mol. The molecule has 0 atom stereocenters. The van der Waals surface area contributed by atoms with E-state index in [0.29, 0.717) is 11.0 Å². The highest BCUT2D eigenvalue weighted by atomic mass is 16.4. The zero-order chi connectivity index (χ0) is 32.6. The molecule has 8 aromatic rings. The van der Waals surface area contributed by atoms with Crippen molar-refractivity contribution in [2.24, 2.45) is 0 Å². The van der Waals surface area contributed by atoms with Crippen molar-refractivity contribution in [3.05, 3.63) is 180 Å². The number of allylic oxidation sites excluding steroid dienone is 5. The van der Waals surface area contributed by atoms with Crippen LogP contribution in [0.4, 0.5) is 17.1 Å². The van der Waals surface area contributed by atoms with Gasteiger partial charge in [-0.3, -0.25) is 0 Å². The van der Waals surface area contributed by atoms with Gasteiger partial charge in [-0.15, -0.1) is 0 Å². The quantitative estimate of drug-likeness (QED) is 0.101. The maximum Gasteiger partial charge on any atom is 0.344 e. The van der Waals surface area contributed by atoms with E-state index >= 15 is 0 Å². The van der Waals surface area contributed by atoms with Gasteiger partial charge in [0.25, 0.3) is 0 Å². The van der Waals surface area contributed by atoms with E-state index in [1.807, 2.05) is 66.7 Å². The molecular weight excluding hydrogens is 590 g/mol. The number of rotatable bonds is 7. The molecule has 0 bridgehead atoms. The minimum Gasteiger partial charge on any atom is -0.455 e. The lowest BCUT2D eigenvalue weighted by Crippen LogP contribution is -2.10. The fourth-order valence-corrected chi connectivity index (χ4v) is 6.47. The highest BCUT2D eigenvalue weighted by Crippen LogP contribution is 2.40. The van der Waals surface area contributed by atoms with E-state index in [1.165, 1.54) is 0 Å². The van der Waals surface area contributed by atoms with Gasteiger partial charge in [-0.1, -0.05) is 110 Å². The molecule has 2 aromatic heterocycles. The number of anilines is 3. The average Bonchev–Trinajstić information content (AvgIpc) is 3.52. The van der Waals surface area contributed by atoms with E-state index in [1.54, 1.807) is 6.08 Å². The van der Waals surface area contributed by atoms with Crippen LogP contribution in [0.3, 0.4) is 0 Å². The summed E-state index contributed by atoms with van der Waals surface area (Å²) in [5, 5.41) is 4.53. The second kappa shape index (κ2) is 12.1. The molecule has 4 heteroatoms. The Hall–Kier alpha value is -6.39. The summed E-state index contributed by atoms with van der Waals surface area (Å²) in [6.45, 7) is 5.86. The standard InChI is InChI=1S/C44H31NO3/c1-3-4-5-11-29(2)30-18-22-32(23-19-30)45(34-26-27-42-40(28-34)36-12-6-7-14-39(36)44(46)48-42)33-24-20-31(21-25-33)35-15-10-16-38-37-13-8-9-17-41(37)47-43(35)38/h3-28H,1H2,2H3/b5-4-,29-11+. The Morgan fingerprint density at radius 1 is 0.604 bits per heavy atom. The zero-order valence-electron chi connectivity index (χ0n) is 26.4. The van der Waals surface area contributed by atoms with Crippen molar-refractivity contribution in [1.82, 2.24) is 0 Å². The maximum absolute atomic E-state index is 12.7. The molecule has 48 heavy (non-hydrogen) atoms. The van der Waals surface area contributed by atoms with Gasteiger partial charge in [-0.2, -0.15) is 0 Å². The smallest absolute Gasteiger partial charge is 0.344 e. The van der Waals surface area contributed by atoms with E-state index in [9.17, 15) is 4.79 Å². The first kappa shape index (κ1) is 29.0. The largest absolute Gasteiger partial charge is 0.455 e. The molecule has 4 nitrogen and oxygen atoms in total. The Kier molecular flexibility index (Phi) is 7.31. The molecule has 0 unspecified atom stereocenters. The number of furan rings is 1. The number of hydrogen-bond acceptors (Lipinski definition) is 4. The summed E-state index contributed by atoms with van der Waals surface area (Å²) in [7, 11) is 0. The topological polar surface area (TPSA) is 46.6 Å². The summed E-state index contributed by atoms with van der Waals surface area (Å²) >= 11 is 0. The number of hydrogen-bond donors (Lipinski definition) is 0. The van der Waals surface area contributed by atoms with Crippen LogP contribution in [0.2, 0.25) is 0 Å². The molecule has 0 radical (unpaired) electrons. The number of nitrogens with zero attached hydrogens (tertiary/aromatic N) is 1. The van der Waals surface area contributed by atoms with Crippen LogP contribution in [0, 0.1) is 0 Å². The highest BCUT2D eigenvalue weighted by Gasteiger charge is 2.17. The number of benzene rings is 6. The normalized spacial score (nSPS) is 12.1. The first-order valence-electron chi connectivity index (χ1n) is 15.9. The third-order valence-electron chi connectivity index (χ3n) is 8.88. The van der Waals surface area contributed by atoms with Crippen molar-refractivity contribution in [3.8, 4) is 11.1 Å². The highest BCUT2D eigenvalue weighted by molar-refractivity contribution is 6.10. The van der Waals surface area contributed by atoms with Gasteiger partial charge < -0.3 is 13.7 Å². The molecule has 0 aliphatic heterocycles. The van der Waals surface area contributed by atoms with Gasteiger partial charge in [0.05, 0.1) is 5.39 Å². The Balaban J connectivity index is 1.26. The number of fused-ring (bicyclic) bond motifs is 6. The van der Waals surface area contributed by atoms with Crippen LogP contribution >= 0.6 is 0 Å². The Bertz CT molecular complexity index is 2600. The number of para-hydroxylation sites is 2. The second-order valence-corrected chi connectivity index (χ2v) is 11.8. The van der Waals surface area contributed by atoms with Gasteiger partial charge in [0.15, 0.2) is 0 Å². The van der Waals surface area contributed by atoms with Gasteiger partial charge in [-0.05, 0) is 83.6 Å². The lowest BCUT2D eigenvalue weighted by atomic mass is 10.0. The van der Waals surface area contributed by atoms with E-state index in [2.05, 4.69) is 103 Å². The minimum atomic E-state index is -0.334. The molecular formula is C44H31NO3. The SMILES string of the molecule is C=C/C=C\C=C(/C)c1ccc(N(c2ccc(-c3cccc4c3oc3ccccc34)cc2)c2ccc3oc(=O)c4ccccc4c3c2)cc1. The van der Waals surface area contributed by atoms with Gasteiger partial charge in [0, 0.05) is 38.8 Å². The third kappa shape index (κ3) is 5.10. The molecule has 0 aliphatic rings. The Labute approximate surface area is 277 Å². The monoisotopic (exact) mass is 621 g/mol. The van der Waals surface area contributed by atoms with Gasteiger partial charge >= 0.3 is 5.63 Å². The fraction of sp³-hybridized carbons (Fsp3) is 0.0227.